The molecule has 7 heteroatoms. The van der Waals surface area contributed by atoms with Crippen LogP contribution in [-0.2, 0) is 0 Å². The summed E-state index contributed by atoms with van der Waals surface area (Å²) in [6, 6.07) is 1.88. The highest BCUT2D eigenvalue weighted by atomic mass is 19.5. The third-order valence-corrected chi connectivity index (χ3v) is 0.915. The van der Waals surface area contributed by atoms with Crippen LogP contribution >= 0.6 is 0 Å². The van der Waals surface area contributed by atoms with Crippen LogP contribution in [0.4, 0.5) is 17.3 Å². The molecule has 1 aromatic rings. The van der Waals surface area contributed by atoms with Crippen molar-refractivity contribution in [2.45, 2.75) is 13.8 Å². The average Bonchev–Trinajstić information content (AvgIpc) is 1.81. The largest absolute Gasteiger partial charge is 0.673 e. The van der Waals surface area contributed by atoms with Gasteiger partial charge in [-0.3, -0.25) is 0 Å². The molecule has 1 aromatic heterocycles. The molecular weight excluding hydrogens is 187 g/mol. The van der Waals surface area contributed by atoms with E-state index in [9.17, 15) is 17.3 Å². The minimum Gasteiger partial charge on any atom is -0.418 e. The van der Waals surface area contributed by atoms with E-state index in [4.69, 9.17) is 0 Å². The summed E-state index contributed by atoms with van der Waals surface area (Å²) in [5.74, 6) is 0.838. The van der Waals surface area contributed by atoms with Gasteiger partial charge in [0.1, 0.15) is 5.82 Å². The van der Waals surface area contributed by atoms with Crippen molar-refractivity contribution in [2.24, 2.45) is 0 Å². The number of hydrogen-bond acceptors (Lipinski definition) is 2. The Morgan fingerprint density at radius 2 is 1.62 bits per heavy atom. The quantitative estimate of drug-likeness (QED) is 0.469. The van der Waals surface area contributed by atoms with Gasteiger partial charge in [0.25, 0.3) is 0 Å². The number of halogens is 4. The number of aryl methyl sites for hydroxylation is 2. The van der Waals surface area contributed by atoms with Crippen LogP contribution in [0.2, 0.25) is 0 Å². The summed E-state index contributed by atoms with van der Waals surface area (Å²) in [4.78, 5) is 7.99. The van der Waals surface area contributed by atoms with E-state index in [-0.39, 0.29) is 0 Å². The number of hydrogen-bond donors (Lipinski definition) is 0. The van der Waals surface area contributed by atoms with Crippen molar-refractivity contribution in [1.29, 1.82) is 0 Å². The second-order valence-electron chi connectivity index (χ2n) is 2.24. The minimum atomic E-state index is -6.00. The van der Waals surface area contributed by atoms with Crippen molar-refractivity contribution in [3.63, 3.8) is 0 Å². The molecular formula is C6H8BF4N2-. The fourth-order valence-electron chi connectivity index (χ4n) is 0.574. The predicted molar refractivity (Wildman–Crippen MR) is 41.7 cm³/mol. The fraction of sp³-hybridized carbons (Fsp3) is 0.333. The molecule has 0 aromatic carbocycles. The molecule has 0 aliphatic carbocycles. The number of nitrogens with zero attached hydrogens (tertiary/aromatic N) is 2. The van der Waals surface area contributed by atoms with Crippen molar-refractivity contribution in [3.8, 4) is 0 Å². The highest BCUT2D eigenvalue weighted by molar-refractivity contribution is 6.50. The molecule has 74 valence electrons. The molecule has 0 bridgehead atoms. The van der Waals surface area contributed by atoms with Crippen molar-refractivity contribution in [3.05, 3.63) is 23.8 Å². The topological polar surface area (TPSA) is 25.8 Å². The smallest absolute Gasteiger partial charge is 0.418 e. The first-order valence-electron chi connectivity index (χ1n) is 3.42. The fourth-order valence-corrected chi connectivity index (χ4v) is 0.574. The van der Waals surface area contributed by atoms with Gasteiger partial charge in [-0.1, -0.05) is 0 Å². The maximum absolute atomic E-state index is 9.75. The van der Waals surface area contributed by atoms with E-state index in [1.54, 1.807) is 6.20 Å². The molecule has 0 spiro atoms. The summed E-state index contributed by atoms with van der Waals surface area (Å²) in [7, 11) is -6.00. The molecule has 0 N–H and O–H groups in total. The van der Waals surface area contributed by atoms with Crippen LogP contribution in [0.25, 0.3) is 0 Å². The average molecular weight is 195 g/mol. The van der Waals surface area contributed by atoms with Gasteiger partial charge in [0.05, 0.1) is 0 Å². The molecule has 0 unspecified atom stereocenters. The first-order chi connectivity index (χ1) is 5.79. The van der Waals surface area contributed by atoms with Crippen molar-refractivity contribution >= 4 is 7.25 Å². The van der Waals surface area contributed by atoms with Gasteiger partial charge in [0.2, 0.25) is 0 Å². The predicted octanol–water partition coefficient (Wildman–Crippen LogP) is 2.39. The molecule has 0 aliphatic rings. The van der Waals surface area contributed by atoms with Crippen LogP contribution in [-0.4, -0.2) is 17.2 Å². The lowest BCUT2D eigenvalue weighted by molar-refractivity contribution is 0.368. The van der Waals surface area contributed by atoms with Crippen molar-refractivity contribution in [2.75, 3.05) is 0 Å². The molecule has 0 amide bonds. The van der Waals surface area contributed by atoms with Gasteiger partial charge >= 0.3 is 7.25 Å². The lowest BCUT2D eigenvalue weighted by Crippen LogP contribution is -2.02. The van der Waals surface area contributed by atoms with E-state index in [1.807, 2.05) is 19.9 Å². The van der Waals surface area contributed by atoms with Crippen LogP contribution in [0.1, 0.15) is 11.5 Å². The first-order valence-corrected chi connectivity index (χ1v) is 3.42. The Kier molecular flexibility index (Phi) is 4.37. The van der Waals surface area contributed by atoms with Crippen LogP contribution in [0, 0.1) is 13.8 Å². The van der Waals surface area contributed by atoms with Gasteiger partial charge in [-0.15, -0.1) is 0 Å². The Morgan fingerprint density at radius 1 is 1.15 bits per heavy atom. The van der Waals surface area contributed by atoms with Crippen molar-refractivity contribution < 1.29 is 17.3 Å². The maximum Gasteiger partial charge on any atom is 0.673 e. The van der Waals surface area contributed by atoms with E-state index in [0.29, 0.717) is 0 Å². The monoisotopic (exact) mass is 195 g/mol. The zero-order valence-corrected chi connectivity index (χ0v) is 7.14. The zero-order valence-electron chi connectivity index (χ0n) is 7.14. The van der Waals surface area contributed by atoms with E-state index in [2.05, 4.69) is 9.97 Å². The minimum absolute atomic E-state index is 0.838. The summed E-state index contributed by atoms with van der Waals surface area (Å²) < 4.78 is 39.0. The van der Waals surface area contributed by atoms with Crippen LogP contribution < -0.4 is 0 Å². The molecule has 13 heavy (non-hydrogen) atoms. The molecule has 1 heterocycles. The highest BCUT2D eigenvalue weighted by Crippen LogP contribution is 2.06. The summed E-state index contributed by atoms with van der Waals surface area (Å²) in [5.41, 5.74) is 1.03. The Bertz CT molecular complexity index is 240. The van der Waals surface area contributed by atoms with Gasteiger partial charge in [-0.2, -0.15) is 0 Å². The Balaban J connectivity index is 0.000000252. The summed E-state index contributed by atoms with van der Waals surface area (Å²) in [6.45, 7) is 3.84. The third-order valence-electron chi connectivity index (χ3n) is 0.915. The molecule has 0 radical (unpaired) electrons. The SMILES string of the molecule is Cc1ccnc(C)n1.F[B-](F)(F)F. The van der Waals surface area contributed by atoms with E-state index >= 15 is 0 Å². The molecule has 2 nitrogen and oxygen atoms in total. The third kappa shape index (κ3) is 10.9. The van der Waals surface area contributed by atoms with Gasteiger partial charge in [-0.05, 0) is 19.9 Å². The van der Waals surface area contributed by atoms with E-state index < -0.39 is 7.25 Å². The Labute approximate surface area is 73.1 Å². The Hall–Kier alpha value is -1.14. The van der Waals surface area contributed by atoms with Crippen LogP contribution in [0.3, 0.4) is 0 Å². The summed E-state index contributed by atoms with van der Waals surface area (Å²) in [5, 5.41) is 0. The molecule has 0 fully saturated rings. The second-order valence-corrected chi connectivity index (χ2v) is 2.24. The zero-order chi connectivity index (χ0) is 10.5. The maximum atomic E-state index is 9.75. The number of aromatic nitrogens is 2. The normalized spacial score (nSPS) is 10.3. The van der Waals surface area contributed by atoms with Crippen molar-refractivity contribution in [1.82, 2.24) is 9.97 Å². The molecule has 0 atom stereocenters. The highest BCUT2D eigenvalue weighted by Gasteiger charge is 2.20. The van der Waals surface area contributed by atoms with Gasteiger partial charge in [-0.25, -0.2) is 9.97 Å². The lowest BCUT2D eigenvalue weighted by atomic mass is 10.3. The van der Waals surface area contributed by atoms with Gasteiger partial charge < -0.3 is 17.3 Å². The molecule has 0 saturated carbocycles. The molecule has 0 aliphatic heterocycles. The summed E-state index contributed by atoms with van der Waals surface area (Å²) in [6.07, 6.45) is 1.76. The van der Waals surface area contributed by atoms with E-state index in [1.165, 1.54) is 0 Å². The van der Waals surface area contributed by atoms with Gasteiger partial charge in [0, 0.05) is 11.9 Å². The first kappa shape index (κ1) is 11.9. The van der Waals surface area contributed by atoms with Crippen LogP contribution in [0.5, 0.6) is 0 Å². The molecule has 1 rings (SSSR count). The summed E-state index contributed by atoms with van der Waals surface area (Å²) >= 11 is 0. The molecule has 0 saturated heterocycles. The van der Waals surface area contributed by atoms with Gasteiger partial charge in [0.15, 0.2) is 0 Å². The van der Waals surface area contributed by atoms with Crippen LogP contribution in [0.15, 0.2) is 12.3 Å². The number of rotatable bonds is 0. The second kappa shape index (κ2) is 4.79. The standard InChI is InChI=1S/C6H8N2.BF4/c1-5-3-4-7-6(2)8-5;2-1(3,4)5/h3-4H,1-2H3;/q;-1. The Morgan fingerprint density at radius 3 is 1.85 bits per heavy atom. The van der Waals surface area contributed by atoms with E-state index in [0.717, 1.165) is 11.5 Å². The lowest BCUT2D eigenvalue weighted by Gasteiger charge is -1.94.